The molecule has 2 aromatic heterocycles. The number of aromatic amines is 1. The second-order valence-corrected chi connectivity index (χ2v) is 7.19. The van der Waals surface area contributed by atoms with Crippen LogP contribution in [0.5, 0.6) is 0 Å². The summed E-state index contributed by atoms with van der Waals surface area (Å²) in [7, 11) is 4.07. The van der Waals surface area contributed by atoms with E-state index in [9.17, 15) is 4.79 Å². The normalized spacial score (nSPS) is 11.7. The van der Waals surface area contributed by atoms with Gasteiger partial charge < -0.3 is 9.88 Å². The highest BCUT2D eigenvalue weighted by Gasteiger charge is 2.12. The van der Waals surface area contributed by atoms with E-state index < -0.39 is 0 Å². The van der Waals surface area contributed by atoms with Gasteiger partial charge in [-0.2, -0.15) is 11.8 Å². The molecular weight excluding hydrogens is 330 g/mol. The molecule has 23 heavy (non-hydrogen) atoms. The fraction of sp³-hybridized carbons (Fsp3) is 0.294. The number of fused-ring (bicyclic) bond motifs is 3. The minimum absolute atomic E-state index is 0.144. The predicted molar refractivity (Wildman–Crippen MR) is 98.8 cm³/mol. The van der Waals surface area contributed by atoms with E-state index in [2.05, 4.69) is 14.9 Å². The zero-order valence-electron chi connectivity index (χ0n) is 13.1. The molecule has 0 aliphatic heterocycles. The van der Waals surface area contributed by atoms with E-state index in [0.717, 1.165) is 39.8 Å². The van der Waals surface area contributed by atoms with Crippen LogP contribution >= 0.6 is 23.4 Å². The number of carbonyl (C=O) groups excluding carboxylic acids is 1. The van der Waals surface area contributed by atoms with Gasteiger partial charge in [0.2, 0.25) is 0 Å². The molecule has 0 saturated heterocycles. The van der Waals surface area contributed by atoms with Crippen molar-refractivity contribution < 1.29 is 4.79 Å². The monoisotopic (exact) mass is 347 g/mol. The molecule has 3 aromatic rings. The SMILES string of the molecule is CN(C)CCSCC(=O)c1ccc2[nH]c3nccc(Cl)c3c2c1. The second kappa shape index (κ2) is 6.91. The van der Waals surface area contributed by atoms with E-state index >= 15 is 0 Å². The summed E-state index contributed by atoms with van der Waals surface area (Å²) >= 11 is 7.95. The Kier molecular flexibility index (Phi) is 4.90. The fourth-order valence-electron chi connectivity index (χ4n) is 2.45. The standard InChI is InChI=1S/C17H18ClN3OS/c1-21(2)7-8-23-10-15(22)11-3-4-14-12(9-11)16-13(18)5-6-19-17(16)20-14/h3-6,9H,7-8,10H2,1-2H3,(H,19,20). The lowest BCUT2D eigenvalue weighted by atomic mass is 10.1. The minimum Gasteiger partial charge on any atom is -0.339 e. The third-order valence-corrected chi connectivity index (χ3v) is 4.93. The number of aromatic nitrogens is 2. The van der Waals surface area contributed by atoms with E-state index in [1.807, 2.05) is 32.3 Å². The first-order valence-electron chi connectivity index (χ1n) is 7.38. The van der Waals surface area contributed by atoms with Crippen LogP contribution in [-0.4, -0.2) is 52.8 Å². The van der Waals surface area contributed by atoms with E-state index in [4.69, 9.17) is 11.6 Å². The van der Waals surface area contributed by atoms with Gasteiger partial charge in [0.15, 0.2) is 5.78 Å². The van der Waals surface area contributed by atoms with Gasteiger partial charge in [-0.15, -0.1) is 0 Å². The highest BCUT2D eigenvalue weighted by Crippen LogP contribution is 2.30. The van der Waals surface area contributed by atoms with Crippen molar-refractivity contribution in [1.29, 1.82) is 0 Å². The van der Waals surface area contributed by atoms with Crippen LogP contribution in [0.4, 0.5) is 0 Å². The Bertz CT molecular complexity index is 860. The molecule has 0 amide bonds. The van der Waals surface area contributed by atoms with E-state index in [1.54, 1.807) is 24.0 Å². The molecule has 0 unspecified atom stereocenters. The Balaban J connectivity index is 1.84. The zero-order valence-corrected chi connectivity index (χ0v) is 14.7. The van der Waals surface area contributed by atoms with Crippen molar-refractivity contribution in [1.82, 2.24) is 14.9 Å². The lowest BCUT2D eigenvalue weighted by Crippen LogP contribution is -2.15. The van der Waals surface area contributed by atoms with Gasteiger partial charge in [0.25, 0.3) is 0 Å². The third kappa shape index (κ3) is 3.52. The summed E-state index contributed by atoms with van der Waals surface area (Å²) in [6.45, 7) is 0.973. The highest BCUT2D eigenvalue weighted by atomic mass is 35.5. The number of Topliss-reactive ketones (excluding diaryl/α,β-unsaturated/α-hetero) is 1. The third-order valence-electron chi connectivity index (χ3n) is 3.68. The van der Waals surface area contributed by atoms with Gasteiger partial charge in [-0.25, -0.2) is 4.98 Å². The summed E-state index contributed by atoms with van der Waals surface area (Å²) in [5.41, 5.74) is 2.41. The van der Waals surface area contributed by atoms with E-state index in [-0.39, 0.29) is 5.78 Å². The molecule has 120 valence electrons. The van der Waals surface area contributed by atoms with Gasteiger partial charge in [0, 0.05) is 40.3 Å². The number of hydrogen-bond donors (Lipinski definition) is 1. The van der Waals surface area contributed by atoms with Crippen molar-refractivity contribution in [2.24, 2.45) is 0 Å². The van der Waals surface area contributed by atoms with Crippen LogP contribution < -0.4 is 0 Å². The predicted octanol–water partition coefficient (Wildman–Crippen LogP) is 3.85. The highest BCUT2D eigenvalue weighted by molar-refractivity contribution is 8.00. The summed E-state index contributed by atoms with van der Waals surface area (Å²) in [5.74, 6) is 1.59. The van der Waals surface area contributed by atoms with Gasteiger partial charge in [-0.05, 0) is 38.4 Å². The first-order valence-corrected chi connectivity index (χ1v) is 8.91. The average Bonchev–Trinajstić information content (AvgIpc) is 2.90. The maximum absolute atomic E-state index is 12.4. The van der Waals surface area contributed by atoms with Crippen LogP contribution in [0.1, 0.15) is 10.4 Å². The first kappa shape index (κ1) is 16.3. The van der Waals surface area contributed by atoms with Crippen LogP contribution in [-0.2, 0) is 0 Å². The summed E-state index contributed by atoms with van der Waals surface area (Å²) in [6, 6.07) is 7.46. The molecule has 0 radical (unpaired) electrons. The van der Waals surface area contributed by atoms with Gasteiger partial charge in [0.1, 0.15) is 5.65 Å². The first-order chi connectivity index (χ1) is 11.1. The van der Waals surface area contributed by atoms with Gasteiger partial charge in [-0.1, -0.05) is 11.6 Å². The Morgan fingerprint density at radius 2 is 2.17 bits per heavy atom. The Morgan fingerprint density at radius 3 is 2.96 bits per heavy atom. The number of carbonyl (C=O) groups is 1. The van der Waals surface area contributed by atoms with Crippen molar-refractivity contribution in [2.45, 2.75) is 0 Å². The van der Waals surface area contributed by atoms with Crippen molar-refractivity contribution in [3.05, 3.63) is 41.0 Å². The van der Waals surface area contributed by atoms with Crippen LogP contribution in [0.15, 0.2) is 30.5 Å². The second-order valence-electron chi connectivity index (χ2n) is 5.68. The summed E-state index contributed by atoms with van der Waals surface area (Å²) in [6.07, 6.45) is 1.67. The number of benzene rings is 1. The molecule has 0 atom stereocenters. The maximum atomic E-state index is 12.4. The lowest BCUT2D eigenvalue weighted by molar-refractivity contribution is 0.102. The quantitative estimate of drug-likeness (QED) is 0.543. The molecule has 0 fully saturated rings. The molecule has 0 bridgehead atoms. The van der Waals surface area contributed by atoms with E-state index in [1.165, 1.54) is 0 Å². The molecule has 0 aliphatic carbocycles. The van der Waals surface area contributed by atoms with E-state index in [0.29, 0.717) is 10.8 Å². The molecule has 0 aliphatic rings. The molecule has 4 nitrogen and oxygen atoms in total. The van der Waals surface area contributed by atoms with Crippen molar-refractivity contribution >= 4 is 51.1 Å². The van der Waals surface area contributed by atoms with Crippen molar-refractivity contribution in [2.75, 3.05) is 32.1 Å². The Labute approximate surface area is 144 Å². The van der Waals surface area contributed by atoms with Crippen molar-refractivity contribution in [3.63, 3.8) is 0 Å². The fourth-order valence-corrected chi connectivity index (χ4v) is 3.68. The number of thioether (sulfide) groups is 1. The minimum atomic E-state index is 0.144. The Morgan fingerprint density at radius 1 is 1.35 bits per heavy atom. The maximum Gasteiger partial charge on any atom is 0.172 e. The molecule has 3 rings (SSSR count). The van der Waals surface area contributed by atoms with Crippen LogP contribution in [0.3, 0.4) is 0 Å². The number of rotatable bonds is 6. The largest absolute Gasteiger partial charge is 0.339 e. The van der Waals surface area contributed by atoms with Gasteiger partial charge in [-0.3, -0.25) is 4.79 Å². The smallest absolute Gasteiger partial charge is 0.172 e. The molecule has 0 spiro atoms. The molecule has 0 saturated carbocycles. The lowest BCUT2D eigenvalue weighted by Gasteiger charge is -2.08. The number of halogens is 1. The molecule has 1 N–H and O–H groups in total. The molecule has 2 heterocycles. The average molecular weight is 348 g/mol. The summed E-state index contributed by atoms with van der Waals surface area (Å²) < 4.78 is 0. The topological polar surface area (TPSA) is 49.0 Å². The number of hydrogen-bond acceptors (Lipinski definition) is 4. The number of nitrogens with zero attached hydrogens (tertiary/aromatic N) is 2. The number of ketones is 1. The molecule has 6 heteroatoms. The summed E-state index contributed by atoms with van der Waals surface area (Å²) in [4.78, 5) is 22.0. The summed E-state index contributed by atoms with van der Waals surface area (Å²) in [5, 5.41) is 2.47. The van der Waals surface area contributed by atoms with Crippen LogP contribution in [0.2, 0.25) is 5.02 Å². The number of nitrogens with one attached hydrogen (secondary N) is 1. The zero-order chi connectivity index (χ0) is 16.4. The van der Waals surface area contributed by atoms with Gasteiger partial charge in [0.05, 0.1) is 10.8 Å². The molecular formula is C17H18ClN3OS. The Hall–Kier alpha value is -1.56. The number of H-pyrrole nitrogens is 1. The van der Waals surface area contributed by atoms with Gasteiger partial charge >= 0.3 is 0 Å². The van der Waals surface area contributed by atoms with Crippen LogP contribution in [0, 0.1) is 0 Å². The van der Waals surface area contributed by atoms with Crippen molar-refractivity contribution in [3.8, 4) is 0 Å². The number of pyridine rings is 1. The van der Waals surface area contributed by atoms with Crippen LogP contribution in [0.25, 0.3) is 21.9 Å². The molecule has 1 aromatic carbocycles.